The van der Waals surface area contributed by atoms with Gasteiger partial charge in [-0.1, -0.05) is 35.9 Å². The molecule has 32 heavy (non-hydrogen) atoms. The van der Waals surface area contributed by atoms with Gasteiger partial charge in [-0.05, 0) is 54.6 Å². The molecule has 3 aromatic carbocycles. The van der Waals surface area contributed by atoms with Crippen LogP contribution < -0.4 is 11.1 Å². The predicted molar refractivity (Wildman–Crippen MR) is 117 cm³/mol. The van der Waals surface area contributed by atoms with Crippen molar-refractivity contribution >= 4 is 34.6 Å². The molecule has 0 saturated heterocycles. The van der Waals surface area contributed by atoms with Gasteiger partial charge in [0.25, 0.3) is 5.91 Å². The largest absolute Gasteiger partial charge is 0.430 e. The maximum absolute atomic E-state index is 13.0. The summed E-state index contributed by atoms with van der Waals surface area (Å²) < 4.78 is 52.0. The van der Waals surface area contributed by atoms with Crippen LogP contribution in [0.1, 0.15) is 15.9 Å². The third kappa shape index (κ3) is 5.95. The summed E-state index contributed by atoms with van der Waals surface area (Å²) in [7, 11) is 0. The Morgan fingerprint density at radius 3 is 2.12 bits per heavy atom. The Morgan fingerprint density at radius 1 is 0.938 bits per heavy atom. The monoisotopic (exact) mass is 461 g/mol. The second-order valence-corrected chi connectivity index (χ2v) is 6.99. The SMILES string of the molecule is NC(=CC(=Nc1ccccc1Cl)c1ccc(C(=O)Nc2ccc(F)cc2)cc1)C(F)(F)F. The van der Waals surface area contributed by atoms with Gasteiger partial charge in [0.2, 0.25) is 0 Å². The van der Waals surface area contributed by atoms with Gasteiger partial charge in [0, 0.05) is 16.8 Å². The maximum atomic E-state index is 13.0. The standard InChI is InChI=1S/C23H16ClF4N3O/c24-18-3-1-2-4-19(18)31-20(13-21(29)23(26,27)28)14-5-7-15(8-6-14)22(32)30-17-11-9-16(25)10-12-17/h1-13H,29H2,(H,30,32). The van der Waals surface area contributed by atoms with Gasteiger partial charge in [-0.3, -0.25) is 4.79 Å². The lowest BCUT2D eigenvalue weighted by Crippen LogP contribution is -2.21. The van der Waals surface area contributed by atoms with E-state index in [0.29, 0.717) is 11.8 Å². The third-order valence-electron chi connectivity index (χ3n) is 4.26. The van der Waals surface area contributed by atoms with Gasteiger partial charge in [-0.2, -0.15) is 13.2 Å². The highest BCUT2D eigenvalue weighted by atomic mass is 35.5. The number of hydrogen-bond acceptors (Lipinski definition) is 3. The second-order valence-electron chi connectivity index (χ2n) is 6.58. The maximum Gasteiger partial charge on any atom is 0.430 e. The second kappa shape index (κ2) is 9.65. The normalized spacial score (nSPS) is 12.5. The van der Waals surface area contributed by atoms with Crippen LogP contribution in [0.5, 0.6) is 0 Å². The quantitative estimate of drug-likeness (QED) is 0.348. The van der Waals surface area contributed by atoms with Crippen LogP contribution in [0, 0.1) is 5.82 Å². The van der Waals surface area contributed by atoms with Crippen molar-refractivity contribution in [2.24, 2.45) is 10.7 Å². The first-order valence-corrected chi connectivity index (χ1v) is 9.56. The summed E-state index contributed by atoms with van der Waals surface area (Å²) in [6.45, 7) is 0. The molecule has 3 N–H and O–H groups in total. The van der Waals surface area contributed by atoms with Crippen LogP contribution in [0.2, 0.25) is 5.02 Å². The first kappa shape index (κ1) is 23.0. The van der Waals surface area contributed by atoms with E-state index >= 15 is 0 Å². The molecule has 0 bridgehead atoms. The number of benzene rings is 3. The number of para-hydroxylation sites is 1. The number of aliphatic imine (C=N–C) groups is 1. The summed E-state index contributed by atoms with van der Waals surface area (Å²) >= 11 is 6.08. The Bertz CT molecular complexity index is 1170. The molecule has 0 saturated carbocycles. The zero-order valence-electron chi connectivity index (χ0n) is 16.3. The van der Waals surface area contributed by atoms with E-state index in [2.05, 4.69) is 10.3 Å². The highest BCUT2D eigenvalue weighted by molar-refractivity contribution is 6.33. The van der Waals surface area contributed by atoms with Crippen molar-refractivity contribution in [1.29, 1.82) is 0 Å². The summed E-state index contributed by atoms with van der Waals surface area (Å²) in [5.41, 5.74) is 4.95. The molecule has 0 atom stereocenters. The molecule has 0 aliphatic carbocycles. The first-order chi connectivity index (χ1) is 15.1. The minimum Gasteiger partial charge on any atom is -0.395 e. The average molecular weight is 462 g/mol. The number of carbonyl (C=O) groups is 1. The van der Waals surface area contributed by atoms with Crippen molar-refractivity contribution < 1.29 is 22.4 Å². The van der Waals surface area contributed by atoms with E-state index in [1.807, 2.05) is 0 Å². The number of nitrogens with zero attached hydrogens (tertiary/aromatic N) is 1. The molecule has 9 heteroatoms. The summed E-state index contributed by atoms with van der Waals surface area (Å²) in [5.74, 6) is -0.915. The number of anilines is 1. The van der Waals surface area contributed by atoms with E-state index in [4.69, 9.17) is 17.3 Å². The zero-order chi connectivity index (χ0) is 23.3. The number of carbonyl (C=O) groups excluding carboxylic acids is 1. The van der Waals surface area contributed by atoms with Crippen molar-refractivity contribution in [2.45, 2.75) is 6.18 Å². The molecule has 164 valence electrons. The molecule has 0 fully saturated rings. The topological polar surface area (TPSA) is 67.5 Å². The number of rotatable bonds is 5. The van der Waals surface area contributed by atoms with Crippen LogP contribution >= 0.6 is 11.6 Å². The van der Waals surface area contributed by atoms with Crippen LogP contribution in [0.4, 0.5) is 28.9 Å². The van der Waals surface area contributed by atoms with E-state index in [-0.39, 0.29) is 27.5 Å². The van der Waals surface area contributed by atoms with E-state index in [1.54, 1.807) is 24.3 Å². The number of hydrogen-bond donors (Lipinski definition) is 2. The molecule has 4 nitrogen and oxygen atoms in total. The number of nitrogens with two attached hydrogens (primary N) is 1. The smallest absolute Gasteiger partial charge is 0.395 e. The lowest BCUT2D eigenvalue weighted by atomic mass is 10.1. The Labute approximate surface area is 186 Å². The van der Waals surface area contributed by atoms with Crippen molar-refractivity contribution in [2.75, 3.05) is 5.32 Å². The van der Waals surface area contributed by atoms with Crippen LogP contribution in [-0.4, -0.2) is 17.8 Å². The fourth-order valence-electron chi connectivity index (χ4n) is 2.61. The summed E-state index contributed by atoms with van der Waals surface area (Å²) in [6.07, 6.45) is -4.03. The van der Waals surface area contributed by atoms with Crippen molar-refractivity contribution in [1.82, 2.24) is 0 Å². The third-order valence-corrected chi connectivity index (χ3v) is 4.58. The highest BCUT2D eigenvalue weighted by Gasteiger charge is 2.31. The van der Waals surface area contributed by atoms with E-state index < -0.39 is 23.6 Å². The van der Waals surface area contributed by atoms with Crippen molar-refractivity contribution in [3.63, 3.8) is 0 Å². The molecule has 0 aliphatic rings. The predicted octanol–water partition coefficient (Wildman–Crippen LogP) is 6.26. The Hall–Kier alpha value is -3.65. The summed E-state index contributed by atoms with van der Waals surface area (Å²) in [6, 6.07) is 17.3. The van der Waals surface area contributed by atoms with Gasteiger partial charge in [-0.25, -0.2) is 9.38 Å². The molecule has 1 amide bonds. The Kier molecular flexibility index (Phi) is 6.95. The van der Waals surface area contributed by atoms with Gasteiger partial charge in [0.15, 0.2) is 0 Å². The molecular formula is C23H16ClF4N3O. The number of alkyl halides is 3. The van der Waals surface area contributed by atoms with Gasteiger partial charge in [0.05, 0.1) is 16.4 Å². The Balaban J connectivity index is 1.92. The molecule has 0 aliphatic heterocycles. The van der Waals surface area contributed by atoms with Gasteiger partial charge in [0.1, 0.15) is 11.5 Å². The number of nitrogens with one attached hydrogen (secondary N) is 1. The fraction of sp³-hybridized carbons (Fsp3) is 0.0435. The van der Waals surface area contributed by atoms with Crippen molar-refractivity contribution in [3.05, 3.63) is 107 Å². The number of halogens is 5. The number of allylic oxidation sites excluding steroid dienone is 2. The molecule has 0 spiro atoms. The van der Waals surface area contributed by atoms with Crippen LogP contribution in [0.3, 0.4) is 0 Å². The molecule has 0 heterocycles. The first-order valence-electron chi connectivity index (χ1n) is 9.18. The van der Waals surface area contributed by atoms with E-state index in [0.717, 1.165) is 0 Å². The van der Waals surface area contributed by atoms with E-state index in [9.17, 15) is 22.4 Å². The van der Waals surface area contributed by atoms with Crippen LogP contribution in [0.25, 0.3) is 0 Å². The minimum absolute atomic E-state index is 0.0848. The highest BCUT2D eigenvalue weighted by Crippen LogP contribution is 2.27. The van der Waals surface area contributed by atoms with Gasteiger partial charge >= 0.3 is 6.18 Å². The lowest BCUT2D eigenvalue weighted by molar-refractivity contribution is -0.0925. The molecule has 0 unspecified atom stereocenters. The van der Waals surface area contributed by atoms with Crippen LogP contribution in [0.15, 0.2) is 89.6 Å². The molecule has 3 aromatic rings. The minimum atomic E-state index is -4.74. The summed E-state index contributed by atoms with van der Waals surface area (Å²) in [5, 5.41) is 2.85. The molecule has 0 aromatic heterocycles. The van der Waals surface area contributed by atoms with Crippen LogP contribution in [-0.2, 0) is 0 Å². The van der Waals surface area contributed by atoms with E-state index in [1.165, 1.54) is 48.5 Å². The van der Waals surface area contributed by atoms with Crippen molar-refractivity contribution in [3.8, 4) is 0 Å². The van der Waals surface area contributed by atoms with Gasteiger partial charge in [-0.15, -0.1) is 0 Å². The lowest BCUT2D eigenvalue weighted by Gasteiger charge is -2.10. The average Bonchev–Trinajstić information content (AvgIpc) is 2.75. The fourth-order valence-corrected chi connectivity index (χ4v) is 2.79. The number of amides is 1. The van der Waals surface area contributed by atoms with Gasteiger partial charge < -0.3 is 11.1 Å². The zero-order valence-corrected chi connectivity index (χ0v) is 17.1. The molecule has 3 rings (SSSR count). The Morgan fingerprint density at radius 2 is 1.53 bits per heavy atom. The molecule has 0 radical (unpaired) electrons. The summed E-state index contributed by atoms with van der Waals surface area (Å²) in [4.78, 5) is 16.6. The molecular weight excluding hydrogens is 446 g/mol.